The third-order valence-electron chi connectivity index (χ3n) is 3.24. The first-order chi connectivity index (χ1) is 7.39. The topological polar surface area (TPSA) is 29.5 Å². The summed E-state index contributed by atoms with van der Waals surface area (Å²) < 4.78 is 8.50. The van der Waals surface area contributed by atoms with E-state index < -0.39 is 26.7 Å². The van der Waals surface area contributed by atoms with E-state index >= 15 is 0 Å². The fourth-order valence-electron chi connectivity index (χ4n) is 1.09. The van der Waals surface area contributed by atoms with Gasteiger partial charge in [-0.1, -0.05) is 0 Å². The van der Waals surface area contributed by atoms with Gasteiger partial charge in [0, 0.05) is 0 Å². The van der Waals surface area contributed by atoms with Crippen molar-refractivity contribution in [3.05, 3.63) is 10.2 Å². The van der Waals surface area contributed by atoms with Crippen LogP contribution in [-0.2, 0) is 4.43 Å². The van der Waals surface area contributed by atoms with E-state index in [-0.39, 0.29) is 17.7 Å². The monoisotopic (exact) mass is 366 g/mol. The van der Waals surface area contributed by atoms with Gasteiger partial charge in [-0.2, -0.15) is 0 Å². The van der Waals surface area contributed by atoms with Gasteiger partial charge in [0.05, 0.1) is 0 Å². The van der Waals surface area contributed by atoms with Crippen LogP contribution in [0, 0.1) is 0 Å². The van der Waals surface area contributed by atoms with E-state index in [1.54, 1.807) is 0 Å². The molecule has 0 bridgehead atoms. The quantitative estimate of drug-likeness (QED) is 0.751. The maximum atomic E-state index is 9.42. The molecule has 0 amide bonds. The minimum absolute atomic E-state index is 0.0883. The van der Waals surface area contributed by atoms with Gasteiger partial charge in [-0.25, -0.2) is 0 Å². The SMILES string of the molecule is CC(C)(C)[Si](C)(C)OC(/C=[CH]\[Sn]([CH3])([CH3])[CH3])CO. The summed E-state index contributed by atoms with van der Waals surface area (Å²) in [7, 11) is -1.77. The van der Waals surface area contributed by atoms with E-state index in [0.717, 1.165) is 0 Å². The fourth-order valence-corrected chi connectivity index (χ4v) is 4.61. The van der Waals surface area contributed by atoms with Gasteiger partial charge < -0.3 is 0 Å². The van der Waals surface area contributed by atoms with Crippen LogP contribution in [0.4, 0.5) is 0 Å². The molecule has 0 aliphatic rings. The fraction of sp³-hybridized carbons (Fsp3) is 0.846. The molecule has 1 unspecified atom stereocenters. The third kappa shape index (κ3) is 6.98. The number of hydrogen-bond donors (Lipinski definition) is 1. The van der Waals surface area contributed by atoms with Gasteiger partial charge in [0.15, 0.2) is 0 Å². The predicted molar refractivity (Wildman–Crippen MR) is 81.6 cm³/mol. The van der Waals surface area contributed by atoms with Crippen LogP contribution in [0.25, 0.3) is 0 Å². The molecular formula is C13H30O2SiSn. The van der Waals surface area contributed by atoms with Crippen molar-refractivity contribution in [1.82, 2.24) is 0 Å². The molecule has 4 heteroatoms. The van der Waals surface area contributed by atoms with Crippen molar-refractivity contribution in [3.63, 3.8) is 0 Å². The molecule has 0 fully saturated rings. The van der Waals surface area contributed by atoms with Crippen LogP contribution in [0.2, 0.25) is 33.0 Å². The average molecular weight is 365 g/mol. The molecule has 0 rings (SSSR count). The second-order valence-electron chi connectivity index (χ2n) is 7.32. The summed E-state index contributed by atoms with van der Waals surface area (Å²) in [6, 6.07) is 0. The van der Waals surface area contributed by atoms with Crippen molar-refractivity contribution < 1.29 is 9.53 Å². The molecule has 1 atom stereocenters. The number of aliphatic hydroxyl groups excluding tert-OH is 1. The molecule has 0 radical (unpaired) electrons. The Bertz CT molecular complexity index is 262. The van der Waals surface area contributed by atoms with Crippen LogP contribution in [-0.4, -0.2) is 44.5 Å². The summed E-state index contributed by atoms with van der Waals surface area (Å²) in [6.07, 6.45) is 1.98. The van der Waals surface area contributed by atoms with Gasteiger partial charge in [-0.3, -0.25) is 0 Å². The zero-order chi connectivity index (χ0) is 13.9. The van der Waals surface area contributed by atoms with E-state index in [1.165, 1.54) is 0 Å². The van der Waals surface area contributed by atoms with Crippen LogP contribution in [0.15, 0.2) is 10.2 Å². The number of aliphatic hydroxyl groups is 1. The van der Waals surface area contributed by atoms with Gasteiger partial charge in [0.1, 0.15) is 0 Å². The summed E-state index contributed by atoms with van der Waals surface area (Å²) in [4.78, 5) is 7.06. The minimum atomic E-state index is -1.90. The molecule has 0 saturated carbocycles. The summed E-state index contributed by atoms with van der Waals surface area (Å²) >= 11 is -1.90. The van der Waals surface area contributed by atoms with Gasteiger partial charge in [0.2, 0.25) is 0 Å². The molecule has 0 aliphatic heterocycles. The first-order valence-electron chi connectivity index (χ1n) is 6.37. The molecule has 102 valence electrons. The van der Waals surface area contributed by atoms with Crippen LogP contribution in [0.1, 0.15) is 20.8 Å². The molecular weight excluding hydrogens is 335 g/mol. The third-order valence-corrected chi connectivity index (χ3v) is 11.2. The van der Waals surface area contributed by atoms with E-state index in [1.807, 2.05) is 0 Å². The zero-order valence-electron chi connectivity index (χ0n) is 12.8. The Labute approximate surface area is 112 Å². The van der Waals surface area contributed by atoms with E-state index in [4.69, 9.17) is 4.43 Å². The Morgan fingerprint density at radius 3 is 2.00 bits per heavy atom. The average Bonchev–Trinajstić information content (AvgIpc) is 2.08. The van der Waals surface area contributed by atoms with E-state index in [2.05, 4.69) is 58.9 Å². The number of rotatable bonds is 5. The van der Waals surface area contributed by atoms with Crippen LogP contribution in [0.3, 0.4) is 0 Å². The molecule has 0 aliphatic carbocycles. The normalized spacial score (nSPS) is 16.5. The van der Waals surface area contributed by atoms with Crippen molar-refractivity contribution in [1.29, 1.82) is 0 Å². The van der Waals surface area contributed by atoms with Gasteiger partial charge in [-0.05, 0) is 0 Å². The Kier molecular flexibility index (Phi) is 6.46. The summed E-state index contributed by atoms with van der Waals surface area (Å²) in [5.74, 6) is 0. The van der Waals surface area contributed by atoms with Crippen LogP contribution in [0.5, 0.6) is 0 Å². The molecule has 0 heterocycles. The van der Waals surface area contributed by atoms with Crippen molar-refractivity contribution >= 4 is 26.7 Å². The Morgan fingerprint density at radius 2 is 1.71 bits per heavy atom. The van der Waals surface area contributed by atoms with Crippen molar-refractivity contribution in [2.24, 2.45) is 0 Å². The molecule has 0 aromatic rings. The van der Waals surface area contributed by atoms with Gasteiger partial charge in [-0.15, -0.1) is 0 Å². The second-order valence-corrected chi connectivity index (χ2v) is 26.5. The predicted octanol–water partition coefficient (Wildman–Crippen LogP) is 3.80. The summed E-state index contributed by atoms with van der Waals surface area (Å²) in [5, 5.41) is 9.61. The Morgan fingerprint density at radius 1 is 1.24 bits per heavy atom. The van der Waals surface area contributed by atoms with Gasteiger partial charge >= 0.3 is 113 Å². The standard InChI is InChI=1S/C10H21O2Si.3CH3.Sn/c1-7-9(8-11)12-13(5,6)10(2,3)4;;;;/h1,7,9,11H,8H2,2-6H3;3*1H3;. The molecule has 0 aromatic heterocycles. The van der Waals surface area contributed by atoms with Gasteiger partial charge in [0.25, 0.3) is 0 Å². The van der Waals surface area contributed by atoms with Crippen molar-refractivity contribution in [2.45, 2.75) is 59.8 Å². The summed E-state index contributed by atoms with van der Waals surface area (Å²) in [5.41, 5.74) is 0. The molecule has 0 saturated heterocycles. The van der Waals surface area contributed by atoms with E-state index in [9.17, 15) is 5.11 Å². The van der Waals surface area contributed by atoms with Crippen LogP contribution >= 0.6 is 0 Å². The maximum absolute atomic E-state index is 9.42. The molecule has 1 N–H and O–H groups in total. The van der Waals surface area contributed by atoms with E-state index in [0.29, 0.717) is 0 Å². The first-order valence-corrected chi connectivity index (χ1v) is 19.5. The molecule has 0 spiro atoms. The summed E-state index contributed by atoms with van der Waals surface area (Å²) in [6.45, 7) is 11.2. The van der Waals surface area contributed by atoms with Crippen molar-refractivity contribution in [3.8, 4) is 0 Å². The van der Waals surface area contributed by atoms with Crippen LogP contribution < -0.4 is 0 Å². The molecule has 2 nitrogen and oxygen atoms in total. The Balaban J connectivity index is 4.68. The Hall–Kier alpha value is 0.676. The second kappa shape index (κ2) is 6.22. The number of hydrogen-bond acceptors (Lipinski definition) is 2. The molecule has 0 aromatic carbocycles. The first kappa shape index (κ1) is 17.7. The molecule has 17 heavy (non-hydrogen) atoms. The zero-order valence-corrected chi connectivity index (χ0v) is 16.6. The van der Waals surface area contributed by atoms with Crippen molar-refractivity contribution in [2.75, 3.05) is 6.61 Å².